The van der Waals surface area contributed by atoms with E-state index in [4.69, 9.17) is 11.6 Å². The van der Waals surface area contributed by atoms with Crippen molar-refractivity contribution in [3.05, 3.63) is 34.6 Å². The molecule has 0 bridgehead atoms. The second kappa shape index (κ2) is 8.97. The van der Waals surface area contributed by atoms with Crippen LogP contribution >= 0.6 is 11.6 Å². The van der Waals surface area contributed by atoms with E-state index in [1.165, 1.54) is 12.1 Å². The highest BCUT2D eigenvalue weighted by molar-refractivity contribution is 7.91. The second-order valence-electron chi connectivity index (χ2n) is 7.43. The predicted molar refractivity (Wildman–Crippen MR) is 108 cm³/mol. The third-order valence-corrected chi connectivity index (χ3v) is 7.55. The largest absolute Gasteiger partial charge is 0.338 e. The molecule has 2 aliphatic heterocycles. The van der Waals surface area contributed by atoms with Crippen LogP contribution in [-0.4, -0.2) is 91.7 Å². The van der Waals surface area contributed by atoms with Crippen LogP contribution in [-0.2, 0) is 14.6 Å². The first kappa shape index (κ1) is 22.0. The van der Waals surface area contributed by atoms with Crippen molar-refractivity contribution in [3.63, 3.8) is 0 Å². The summed E-state index contributed by atoms with van der Waals surface area (Å²) in [5.41, 5.74) is 0.261. The molecule has 0 aromatic heterocycles. The summed E-state index contributed by atoms with van der Waals surface area (Å²) in [7, 11) is -3.05. The molecule has 0 aliphatic carbocycles. The summed E-state index contributed by atoms with van der Waals surface area (Å²) in [5, 5.41) is 0.0812. The van der Waals surface area contributed by atoms with Crippen LogP contribution in [0.5, 0.6) is 0 Å². The minimum atomic E-state index is -3.05. The summed E-state index contributed by atoms with van der Waals surface area (Å²) >= 11 is 5.98. The second-order valence-corrected chi connectivity index (χ2v) is 10.1. The van der Waals surface area contributed by atoms with Gasteiger partial charge in [0.2, 0.25) is 5.91 Å². The molecule has 0 spiro atoms. The van der Waals surface area contributed by atoms with E-state index in [9.17, 15) is 22.4 Å². The Balaban J connectivity index is 1.54. The standard InChI is InChI=1S/C19H25ClFN3O4S/c1-2-24(15-5-10-29(27,28)13-15)18(25)12-22-6-8-23(9-7-22)19(26)16-4-3-14(21)11-17(16)20/h3-4,11,15H,2,5-10,12-13H2,1H3. The fourth-order valence-corrected chi connectivity index (χ4v) is 5.86. The highest BCUT2D eigenvalue weighted by atomic mass is 35.5. The van der Waals surface area contributed by atoms with Crippen molar-refractivity contribution in [1.29, 1.82) is 0 Å². The number of carbonyl (C=O) groups is 2. The van der Waals surface area contributed by atoms with Gasteiger partial charge in [0.25, 0.3) is 5.91 Å². The summed E-state index contributed by atoms with van der Waals surface area (Å²) in [6.07, 6.45) is 0.489. The first-order valence-electron chi connectivity index (χ1n) is 9.66. The summed E-state index contributed by atoms with van der Waals surface area (Å²) in [5.74, 6) is -0.671. The molecule has 10 heteroatoms. The van der Waals surface area contributed by atoms with Gasteiger partial charge in [-0.05, 0) is 31.5 Å². The van der Waals surface area contributed by atoms with Crippen molar-refractivity contribution in [1.82, 2.24) is 14.7 Å². The van der Waals surface area contributed by atoms with E-state index in [-0.39, 0.29) is 46.5 Å². The molecule has 1 aromatic rings. The normalized spacial score (nSPS) is 21.9. The number of amides is 2. The van der Waals surface area contributed by atoms with Crippen LogP contribution in [0.25, 0.3) is 0 Å². The number of nitrogens with zero attached hydrogens (tertiary/aromatic N) is 3. The van der Waals surface area contributed by atoms with Gasteiger partial charge in [-0.2, -0.15) is 0 Å². The SMILES string of the molecule is CCN(C(=O)CN1CCN(C(=O)c2ccc(F)cc2Cl)CC1)C1CCS(=O)(=O)C1. The Morgan fingerprint density at radius 2 is 1.93 bits per heavy atom. The molecule has 2 heterocycles. The highest BCUT2D eigenvalue weighted by Crippen LogP contribution is 2.21. The van der Waals surface area contributed by atoms with E-state index in [1.807, 2.05) is 11.8 Å². The third-order valence-electron chi connectivity index (χ3n) is 5.49. The highest BCUT2D eigenvalue weighted by Gasteiger charge is 2.34. The van der Waals surface area contributed by atoms with E-state index < -0.39 is 15.7 Å². The summed E-state index contributed by atoms with van der Waals surface area (Å²) < 4.78 is 36.6. The summed E-state index contributed by atoms with van der Waals surface area (Å²) in [4.78, 5) is 30.6. The molecule has 0 saturated carbocycles. The number of sulfone groups is 1. The van der Waals surface area contributed by atoms with Gasteiger partial charge in [-0.3, -0.25) is 14.5 Å². The van der Waals surface area contributed by atoms with Crippen molar-refractivity contribution < 1.29 is 22.4 Å². The molecule has 1 unspecified atom stereocenters. The summed E-state index contributed by atoms with van der Waals surface area (Å²) in [6.45, 7) is 4.44. The fraction of sp³-hybridized carbons (Fsp3) is 0.579. The van der Waals surface area contributed by atoms with Gasteiger partial charge in [0.05, 0.1) is 28.6 Å². The van der Waals surface area contributed by atoms with E-state index in [2.05, 4.69) is 0 Å². The molecule has 0 radical (unpaired) electrons. The lowest BCUT2D eigenvalue weighted by Gasteiger charge is -2.36. The molecule has 2 aliphatic rings. The molecule has 2 amide bonds. The number of likely N-dealkylation sites (N-methyl/N-ethyl adjacent to an activating group) is 1. The summed E-state index contributed by atoms with van der Waals surface area (Å²) in [6, 6.07) is 3.45. The van der Waals surface area contributed by atoms with Crippen LogP contribution < -0.4 is 0 Å². The lowest BCUT2D eigenvalue weighted by atomic mass is 10.1. The number of benzene rings is 1. The first-order chi connectivity index (χ1) is 13.7. The predicted octanol–water partition coefficient (Wildman–Crippen LogP) is 1.27. The Hall–Kier alpha value is -1.71. The zero-order chi connectivity index (χ0) is 21.2. The number of carbonyl (C=O) groups excluding carboxylic acids is 2. The molecule has 160 valence electrons. The molecule has 3 rings (SSSR count). The first-order valence-corrected chi connectivity index (χ1v) is 11.9. The Kier molecular flexibility index (Phi) is 6.80. The average molecular weight is 446 g/mol. The van der Waals surface area contributed by atoms with E-state index in [0.29, 0.717) is 39.1 Å². The monoisotopic (exact) mass is 445 g/mol. The zero-order valence-corrected chi connectivity index (χ0v) is 17.9. The van der Waals surface area contributed by atoms with Gasteiger partial charge in [-0.15, -0.1) is 0 Å². The van der Waals surface area contributed by atoms with Crippen LogP contribution in [0.3, 0.4) is 0 Å². The van der Waals surface area contributed by atoms with Gasteiger partial charge in [-0.25, -0.2) is 12.8 Å². The number of halogens is 2. The Morgan fingerprint density at radius 3 is 2.48 bits per heavy atom. The number of rotatable bonds is 5. The third kappa shape index (κ3) is 5.26. The van der Waals surface area contributed by atoms with E-state index >= 15 is 0 Å². The van der Waals surface area contributed by atoms with Gasteiger partial charge < -0.3 is 9.80 Å². The van der Waals surface area contributed by atoms with Crippen LogP contribution in [0.1, 0.15) is 23.7 Å². The van der Waals surface area contributed by atoms with Gasteiger partial charge in [0.15, 0.2) is 9.84 Å². The van der Waals surface area contributed by atoms with Gasteiger partial charge in [-0.1, -0.05) is 11.6 Å². The van der Waals surface area contributed by atoms with Crippen molar-refractivity contribution in [3.8, 4) is 0 Å². The maximum absolute atomic E-state index is 13.2. The minimum absolute atomic E-state index is 0.0350. The fourth-order valence-electron chi connectivity index (χ4n) is 3.88. The molecule has 2 saturated heterocycles. The number of piperazine rings is 1. The van der Waals surface area contributed by atoms with Crippen molar-refractivity contribution in [2.75, 3.05) is 50.8 Å². The Bertz CT molecular complexity index is 887. The van der Waals surface area contributed by atoms with Crippen molar-refractivity contribution >= 4 is 33.3 Å². The molecular formula is C19H25ClFN3O4S. The Labute approximate surface area is 175 Å². The maximum atomic E-state index is 13.2. The molecule has 1 aromatic carbocycles. The van der Waals surface area contributed by atoms with Crippen molar-refractivity contribution in [2.45, 2.75) is 19.4 Å². The topological polar surface area (TPSA) is 78.0 Å². The van der Waals surface area contributed by atoms with Gasteiger partial charge >= 0.3 is 0 Å². The van der Waals surface area contributed by atoms with E-state index in [1.54, 1.807) is 9.80 Å². The van der Waals surface area contributed by atoms with Crippen LogP contribution in [0.4, 0.5) is 4.39 Å². The molecule has 7 nitrogen and oxygen atoms in total. The molecular weight excluding hydrogens is 421 g/mol. The lowest BCUT2D eigenvalue weighted by molar-refractivity contribution is -0.134. The lowest BCUT2D eigenvalue weighted by Crippen LogP contribution is -2.52. The Morgan fingerprint density at radius 1 is 1.24 bits per heavy atom. The smallest absolute Gasteiger partial charge is 0.255 e. The zero-order valence-electron chi connectivity index (χ0n) is 16.3. The van der Waals surface area contributed by atoms with Crippen LogP contribution in [0.15, 0.2) is 18.2 Å². The molecule has 1 atom stereocenters. The van der Waals surface area contributed by atoms with E-state index in [0.717, 1.165) is 6.07 Å². The molecule has 2 fully saturated rings. The minimum Gasteiger partial charge on any atom is -0.338 e. The van der Waals surface area contributed by atoms with Crippen molar-refractivity contribution in [2.24, 2.45) is 0 Å². The quantitative estimate of drug-likeness (QED) is 0.682. The molecule has 0 N–H and O–H groups in total. The van der Waals surface area contributed by atoms with Crippen LogP contribution in [0, 0.1) is 5.82 Å². The van der Waals surface area contributed by atoms with Gasteiger partial charge in [0, 0.05) is 38.8 Å². The maximum Gasteiger partial charge on any atom is 0.255 e. The average Bonchev–Trinajstić information content (AvgIpc) is 3.02. The number of hydrogen-bond acceptors (Lipinski definition) is 5. The number of hydrogen-bond donors (Lipinski definition) is 0. The van der Waals surface area contributed by atoms with Crippen LogP contribution in [0.2, 0.25) is 5.02 Å². The van der Waals surface area contributed by atoms with Gasteiger partial charge in [0.1, 0.15) is 5.82 Å². The molecule has 29 heavy (non-hydrogen) atoms.